The number of aliphatic hydroxyl groups is 1. The lowest BCUT2D eigenvalue weighted by atomic mass is 10.1. The molecule has 0 saturated carbocycles. The van der Waals surface area contributed by atoms with Crippen LogP contribution in [-0.4, -0.2) is 32.6 Å². The molecule has 0 unspecified atom stereocenters. The Morgan fingerprint density at radius 1 is 1.28 bits per heavy atom. The van der Waals surface area contributed by atoms with E-state index >= 15 is 0 Å². The van der Waals surface area contributed by atoms with Gasteiger partial charge < -0.3 is 15.2 Å². The molecule has 2 heterocycles. The molecule has 1 atom stereocenters. The molecule has 1 aromatic heterocycles. The number of benzene rings is 2. The first-order valence-corrected chi connectivity index (χ1v) is 9.09. The van der Waals surface area contributed by atoms with E-state index < -0.39 is 18.3 Å². The molecule has 1 aliphatic heterocycles. The summed E-state index contributed by atoms with van der Waals surface area (Å²) >= 11 is 5.98. The number of aromatic amines is 1. The summed E-state index contributed by atoms with van der Waals surface area (Å²) in [5.41, 5.74) is 2.92. The van der Waals surface area contributed by atoms with Gasteiger partial charge in [-0.1, -0.05) is 29.8 Å². The van der Waals surface area contributed by atoms with E-state index in [4.69, 9.17) is 16.9 Å². The summed E-state index contributed by atoms with van der Waals surface area (Å²) in [6, 6.07) is 13.0. The second-order valence-corrected chi connectivity index (χ2v) is 6.93. The number of H-pyrrole nitrogens is 1. The van der Waals surface area contributed by atoms with E-state index in [1.807, 2.05) is 12.1 Å². The Bertz CT molecular complexity index is 1250. The van der Waals surface area contributed by atoms with E-state index in [0.29, 0.717) is 27.4 Å². The van der Waals surface area contributed by atoms with Gasteiger partial charge in [0.15, 0.2) is 0 Å². The van der Waals surface area contributed by atoms with Crippen LogP contribution >= 0.6 is 11.6 Å². The van der Waals surface area contributed by atoms with Crippen molar-refractivity contribution in [1.82, 2.24) is 9.55 Å². The number of hydrogen-bond acceptors (Lipinski definition) is 5. The molecule has 0 bridgehead atoms. The van der Waals surface area contributed by atoms with Crippen LogP contribution in [0.2, 0.25) is 5.02 Å². The van der Waals surface area contributed by atoms with Crippen LogP contribution in [0.1, 0.15) is 28.4 Å². The fraction of sp³-hybridized carbons (Fsp3) is 0.0952. The third-order valence-electron chi connectivity index (χ3n) is 4.75. The number of nitrogens with zero attached hydrogens (tertiary/aromatic N) is 3. The minimum atomic E-state index is -0.804. The van der Waals surface area contributed by atoms with Gasteiger partial charge in [0.25, 0.3) is 0 Å². The maximum atomic E-state index is 12.5. The van der Waals surface area contributed by atoms with Gasteiger partial charge in [-0.05, 0) is 35.9 Å². The molecule has 144 valence electrons. The predicted octanol–water partition coefficient (Wildman–Crippen LogP) is 3.25. The fourth-order valence-electron chi connectivity index (χ4n) is 3.30. The molecule has 0 fully saturated rings. The smallest absolute Gasteiger partial charge is 0.329 e. The number of halogens is 1. The van der Waals surface area contributed by atoms with Crippen molar-refractivity contribution in [2.24, 2.45) is 4.99 Å². The maximum Gasteiger partial charge on any atom is 0.329 e. The largest absolute Gasteiger partial charge is 0.493 e. The SMILES string of the molecule is N#Cc1ccc([C@H](CO)n2c(O)c(/C=C3\C=Nc4cc(Cl)ccc43)[nH]c2=O)cc1. The highest BCUT2D eigenvalue weighted by Gasteiger charge is 2.22. The molecular formula is C21H15ClN4O3. The van der Waals surface area contributed by atoms with Crippen LogP contribution in [-0.2, 0) is 0 Å². The van der Waals surface area contributed by atoms with Crippen molar-refractivity contribution in [2.45, 2.75) is 6.04 Å². The number of nitriles is 1. The van der Waals surface area contributed by atoms with Gasteiger partial charge >= 0.3 is 5.69 Å². The number of fused-ring (bicyclic) bond motifs is 1. The quantitative estimate of drug-likeness (QED) is 0.616. The summed E-state index contributed by atoms with van der Waals surface area (Å²) in [7, 11) is 0. The Hall–Kier alpha value is -3.60. The van der Waals surface area contributed by atoms with Crippen LogP contribution in [0.3, 0.4) is 0 Å². The summed E-state index contributed by atoms with van der Waals surface area (Å²) in [5.74, 6) is -0.304. The van der Waals surface area contributed by atoms with Gasteiger partial charge in [-0.3, -0.25) is 9.56 Å². The zero-order chi connectivity index (χ0) is 20.5. The van der Waals surface area contributed by atoms with Crippen molar-refractivity contribution in [1.29, 1.82) is 5.26 Å². The molecule has 8 heteroatoms. The zero-order valence-electron chi connectivity index (χ0n) is 15.0. The van der Waals surface area contributed by atoms with E-state index in [2.05, 4.69) is 9.98 Å². The van der Waals surface area contributed by atoms with E-state index in [1.54, 1.807) is 48.7 Å². The van der Waals surface area contributed by atoms with E-state index in [1.165, 1.54) is 0 Å². The lowest BCUT2D eigenvalue weighted by Gasteiger charge is -2.16. The number of allylic oxidation sites excluding steroid dienone is 1. The van der Waals surface area contributed by atoms with Crippen LogP contribution in [0.4, 0.5) is 5.69 Å². The van der Waals surface area contributed by atoms with Crippen molar-refractivity contribution < 1.29 is 10.2 Å². The summed E-state index contributed by atoms with van der Waals surface area (Å²) in [6.07, 6.45) is 3.24. The number of nitrogens with one attached hydrogen (secondary N) is 1. The Kier molecular flexibility index (Phi) is 4.80. The molecule has 1 aliphatic rings. The number of aliphatic imine (C=N–C) groups is 1. The number of aliphatic hydroxyl groups excluding tert-OH is 1. The minimum Gasteiger partial charge on any atom is -0.493 e. The summed E-state index contributed by atoms with van der Waals surface area (Å²) < 4.78 is 1.09. The summed E-state index contributed by atoms with van der Waals surface area (Å²) in [6.45, 7) is -0.407. The molecule has 0 spiro atoms. The Balaban J connectivity index is 1.75. The summed E-state index contributed by atoms with van der Waals surface area (Å²) in [5, 5.41) is 30.0. The van der Waals surface area contributed by atoms with Crippen molar-refractivity contribution in [2.75, 3.05) is 6.61 Å². The molecule has 3 N–H and O–H groups in total. The van der Waals surface area contributed by atoms with Crippen LogP contribution in [0, 0.1) is 11.3 Å². The Morgan fingerprint density at radius 3 is 2.72 bits per heavy atom. The molecule has 0 saturated heterocycles. The van der Waals surface area contributed by atoms with Crippen LogP contribution in [0.25, 0.3) is 11.6 Å². The van der Waals surface area contributed by atoms with E-state index in [0.717, 1.165) is 10.1 Å². The fourth-order valence-corrected chi connectivity index (χ4v) is 3.46. The standard InChI is InChI=1S/C21H15ClN4O3/c22-15-5-6-16-14(10-24-17(16)8-15)7-18-20(28)26(21(29)25-18)19(11-27)13-3-1-12(9-23)2-4-13/h1-8,10,19,27-28H,11H2,(H,25,29)/b14-7+/t19-/m0/s1. The van der Waals surface area contributed by atoms with Gasteiger partial charge in [0, 0.05) is 22.4 Å². The first-order valence-electron chi connectivity index (χ1n) is 8.72. The molecule has 4 rings (SSSR count). The molecule has 29 heavy (non-hydrogen) atoms. The molecule has 7 nitrogen and oxygen atoms in total. The average molecular weight is 407 g/mol. The van der Waals surface area contributed by atoms with Crippen molar-refractivity contribution in [3.05, 3.63) is 80.4 Å². The monoisotopic (exact) mass is 406 g/mol. The number of hydrogen-bond donors (Lipinski definition) is 3. The highest BCUT2D eigenvalue weighted by molar-refractivity contribution is 6.31. The average Bonchev–Trinajstić information content (AvgIpc) is 3.24. The minimum absolute atomic E-state index is 0.200. The van der Waals surface area contributed by atoms with Crippen molar-refractivity contribution >= 4 is 35.2 Å². The lowest BCUT2D eigenvalue weighted by Crippen LogP contribution is -2.25. The Morgan fingerprint density at radius 2 is 2.03 bits per heavy atom. The molecule has 0 radical (unpaired) electrons. The zero-order valence-corrected chi connectivity index (χ0v) is 15.8. The second-order valence-electron chi connectivity index (χ2n) is 6.49. The Labute approximate surface area is 170 Å². The number of aromatic nitrogens is 2. The molecular weight excluding hydrogens is 392 g/mol. The van der Waals surface area contributed by atoms with Gasteiger partial charge in [0.05, 0.1) is 30.0 Å². The van der Waals surface area contributed by atoms with Gasteiger partial charge in [-0.25, -0.2) is 4.79 Å². The maximum absolute atomic E-state index is 12.5. The molecule has 0 aliphatic carbocycles. The van der Waals surface area contributed by atoms with Crippen LogP contribution < -0.4 is 5.69 Å². The summed E-state index contributed by atoms with van der Waals surface area (Å²) in [4.78, 5) is 19.4. The third kappa shape index (κ3) is 3.36. The normalized spacial score (nSPS) is 14.7. The third-order valence-corrected chi connectivity index (χ3v) is 4.99. The molecule has 3 aromatic rings. The van der Waals surface area contributed by atoms with Crippen LogP contribution in [0.15, 0.2) is 52.3 Å². The first-order chi connectivity index (χ1) is 14.0. The number of rotatable bonds is 4. The topological polar surface area (TPSA) is 114 Å². The van der Waals surface area contributed by atoms with Gasteiger partial charge in [0.2, 0.25) is 5.88 Å². The van der Waals surface area contributed by atoms with E-state index in [9.17, 15) is 15.0 Å². The highest BCUT2D eigenvalue weighted by Crippen LogP contribution is 2.35. The second kappa shape index (κ2) is 7.43. The number of aromatic hydroxyl groups is 1. The van der Waals surface area contributed by atoms with Crippen molar-refractivity contribution in [3.63, 3.8) is 0 Å². The highest BCUT2D eigenvalue weighted by atomic mass is 35.5. The van der Waals surface area contributed by atoms with Crippen LogP contribution in [0.5, 0.6) is 5.88 Å². The van der Waals surface area contributed by atoms with E-state index in [-0.39, 0.29) is 11.6 Å². The number of imidazole rings is 1. The van der Waals surface area contributed by atoms with Gasteiger partial charge in [-0.15, -0.1) is 0 Å². The first kappa shape index (κ1) is 18.7. The molecule has 2 aromatic carbocycles. The predicted molar refractivity (Wildman–Crippen MR) is 111 cm³/mol. The van der Waals surface area contributed by atoms with Gasteiger partial charge in [-0.2, -0.15) is 5.26 Å². The molecule has 0 amide bonds. The van der Waals surface area contributed by atoms with Gasteiger partial charge in [0.1, 0.15) is 5.69 Å². The van der Waals surface area contributed by atoms with Crippen molar-refractivity contribution in [3.8, 4) is 11.9 Å². The lowest BCUT2D eigenvalue weighted by molar-refractivity contribution is 0.237.